The molecule has 1 rings (SSSR count). The zero-order valence-electron chi connectivity index (χ0n) is 17.2. The summed E-state index contributed by atoms with van der Waals surface area (Å²) in [6.45, 7) is 3.45. The van der Waals surface area contributed by atoms with Crippen LogP contribution in [0.15, 0.2) is 18.7 Å². The number of alkyl halides is 6. The lowest BCUT2D eigenvalue weighted by Crippen LogP contribution is -2.30. The zero-order valence-corrected chi connectivity index (χ0v) is 18.8. The van der Waals surface area contributed by atoms with E-state index >= 15 is 0 Å². The maximum absolute atomic E-state index is 11.4. The van der Waals surface area contributed by atoms with Gasteiger partial charge in [0, 0.05) is 0 Å². The molecule has 0 aliphatic rings. The van der Waals surface area contributed by atoms with Crippen molar-refractivity contribution in [2.45, 2.75) is 75.9 Å². The number of halogens is 6. The fraction of sp³-hybridized carbons (Fsp3) is 0.812. The first-order chi connectivity index (χ1) is 14.0. The molecular weight excluding hydrogens is 476 g/mol. The Kier molecular flexibility index (Phi) is 12.1. The van der Waals surface area contributed by atoms with Crippen LogP contribution in [0.2, 0.25) is 0 Å². The second kappa shape index (κ2) is 12.6. The van der Waals surface area contributed by atoms with Gasteiger partial charge >= 0.3 is 11.0 Å². The molecule has 0 aliphatic heterocycles. The predicted molar refractivity (Wildman–Crippen MR) is 102 cm³/mol. The third kappa shape index (κ3) is 11.7. The van der Waals surface area contributed by atoms with Crippen LogP contribution in [0.25, 0.3) is 4.13 Å². The highest BCUT2D eigenvalue weighted by atomic mass is 32.3. The van der Waals surface area contributed by atoms with Gasteiger partial charge in [0.2, 0.25) is 6.33 Å². The Labute approximate surface area is 178 Å². The molecule has 0 aromatic carbocycles. The fourth-order valence-electron chi connectivity index (χ4n) is 2.28. The number of aromatic nitrogens is 2. The maximum Gasteiger partial charge on any atom is 0.480 e. The second-order valence-electron chi connectivity index (χ2n) is 6.71. The molecule has 184 valence electrons. The van der Waals surface area contributed by atoms with Crippen molar-refractivity contribution >= 4 is 20.0 Å². The Morgan fingerprint density at radius 1 is 0.806 bits per heavy atom. The first kappa shape index (κ1) is 29.7. The van der Waals surface area contributed by atoms with Crippen LogP contribution in [-0.4, -0.2) is 32.4 Å². The van der Waals surface area contributed by atoms with Crippen LogP contribution in [0.1, 0.15) is 58.3 Å². The highest BCUT2D eigenvalue weighted by Gasteiger charge is 2.46. The molecule has 0 saturated carbocycles. The summed E-state index contributed by atoms with van der Waals surface area (Å²) >= 11 is 0. The van der Waals surface area contributed by atoms with Crippen molar-refractivity contribution in [3.8, 4) is 0 Å². The molecule has 0 N–H and O–H groups in total. The zero-order chi connectivity index (χ0) is 24.3. The van der Waals surface area contributed by atoms with Gasteiger partial charge in [-0.25, -0.2) is 26.0 Å². The van der Waals surface area contributed by atoms with Crippen LogP contribution in [0.3, 0.4) is 0 Å². The van der Waals surface area contributed by atoms with E-state index in [1.807, 2.05) is 0 Å². The number of sulfonamides is 2. The van der Waals surface area contributed by atoms with Crippen LogP contribution < -0.4 is 4.57 Å². The molecule has 0 saturated heterocycles. The van der Waals surface area contributed by atoms with E-state index < -0.39 is 31.1 Å². The van der Waals surface area contributed by atoms with Crippen molar-refractivity contribution in [2.75, 3.05) is 0 Å². The normalized spacial score (nSPS) is 13.0. The van der Waals surface area contributed by atoms with Gasteiger partial charge in [0.25, 0.3) is 0 Å². The van der Waals surface area contributed by atoms with Gasteiger partial charge < -0.3 is 4.13 Å². The van der Waals surface area contributed by atoms with E-state index in [0.29, 0.717) is 0 Å². The predicted octanol–water partition coefficient (Wildman–Crippen LogP) is 4.51. The molecule has 1 heterocycles. The second-order valence-corrected chi connectivity index (χ2v) is 10.1. The summed E-state index contributed by atoms with van der Waals surface area (Å²) in [5, 5.41) is 0. The van der Waals surface area contributed by atoms with Gasteiger partial charge in [0.1, 0.15) is 12.4 Å². The minimum atomic E-state index is -6.72. The van der Waals surface area contributed by atoms with Crippen LogP contribution in [0.4, 0.5) is 26.3 Å². The summed E-state index contributed by atoms with van der Waals surface area (Å²) in [6.07, 6.45) is 17.6. The van der Waals surface area contributed by atoms with Crippen LogP contribution in [0.5, 0.6) is 0 Å². The molecule has 0 spiro atoms. The molecule has 1 aromatic heterocycles. The largest absolute Gasteiger partial charge is 0.480 e. The van der Waals surface area contributed by atoms with Crippen molar-refractivity contribution in [3.05, 3.63) is 22.8 Å². The van der Waals surface area contributed by atoms with Gasteiger partial charge in [0.15, 0.2) is 20.0 Å². The first-order valence-corrected chi connectivity index (χ1v) is 12.3. The molecule has 0 fully saturated rings. The van der Waals surface area contributed by atoms with Gasteiger partial charge in [-0.15, -0.1) is 0 Å². The minimum absolute atomic E-state index is 0.778. The fourth-order valence-corrected chi connectivity index (χ4v) is 3.99. The van der Waals surface area contributed by atoms with Crippen molar-refractivity contribution in [1.82, 2.24) is 4.57 Å². The smallest absolute Gasteiger partial charge is 0.421 e. The molecular formula is C16H27F6N3O4S2. The summed E-state index contributed by atoms with van der Waals surface area (Å²) in [6, 6.07) is 0. The lowest BCUT2D eigenvalue weighted by molar-refractivity contribution is -0.696. The van der Waals surface area contributed by atoms with Gasteiger partial charge in [-0.1, -0.05) is 45.4 Å². The molecule has 0 bridgehead atoms. The van der Waals surface area contributed by atoms with E-state index in [2.05, 4.69) is 41.8 Å². The molecule has 15 heteroatoms. The lowest BCUT2D eigenvalue weighted by atomic mass is 10.1. The van der Waals surface area contributed by atoms with E-state index in [1.165, 1.54) is 57.9 Å². The monoisotopic (exact) mass is 503 g/mol. The molecule has 0 amide bonds. The third-order valence-corrected chi connectivity index (χ3v) is 6.61. The van der Waals surface area contributed by atoms with Gasteiger partial charge in [-0.2, -0.15) is 26.3 Å². The van der Waals surface area contributed by atoms with E-state index in [-0.39, 0.29) is 0 Å². The summed E-state index contributed by atoms with van der Waals surface area (Å²) in [4.78, 5) is 0. The average Bonchev–Trinajstić information content (AvgIpc) is 3.00. The molecule has 0 aliphatic carbocycles. The Balaban J connectivity index is 0.000000582. The van der Waals surface area contributed by atoms with E-state index in [1.54, 1.807) is 0 Å². The Bertz CT molecular complexity index is 807. The molecule has 0 atom stereocenters. The van der Waals surface area contributed by atoms with Crippen LogP contribution in [0, 0.1) is 0 Å². The number of unbranched alkanes of at least 4 members (excludes halogenated alkanes) is 7. The standard InChI is InChI=1S/C14H27N2.C2F6NO4S2/c1-3-4-5-6-7-8-9-10-11-16-13-12-15(2)14-16;3-1(4,5)14(10,11)9-15(12,13)2(6,7)8/h12-14H,3-11H2,1-2H3;/q+1;-1. The highest BCUT2D eigenvalue weighted by molar-refractivity contribution is 8.13. The van der Waals surface area contributed by atoms with E-state index in [9.17, 15) is 43.2 Å². The van der Waals surface area contributed by atoms with Crippen molar-refractivity contribution in [1.29, 1.82) is 0 Å². The number of hydrogen-bond acceptors (Lipinski definition) is 4. The number of hydrogen-bond donors (Lipinski definition) is 0. The molecule has 7 nitrogen and oxygen atoms in total. The molecule has 31 heavy (non-hydrogen) atoms. The molecule has 0 unspecified atom stereocenters. The van der Waals surface area contributed by atoms with Crippen molar-refractivity contribution in [3.63, 3.8) is 0 Å². The highest BCUT2D eigenvalue weighted by Crippen LogP contribution is 2.36. The Morgan fingerprint density at radius 3 is 1.58 bits per heavy atom. The Morgan fingerprint density at radius 2 is 1.23 bits per heavy atom. The number of imidazole rings is 1. The van der Waals surface area contributed by atoms with Crippen molar-refractivity contribution in [2.24, 2.45) is 7.05 Å². The number of nitrogens with zero attached hydrogens (tertiary/aromatic N) is 3. The topological polar surface area (TPSA) is 91.2 Å². The van der Waals surface area contributed by atoms with Crippen LogP contribution >= 0.6 is 0 Å². The summed E-state index contributed by atoms with van der Waals surface area (Å²) < 4.78 is 114. The first-order valence-electron chi connectivity index (χ1n) is 9.41. The van der Waals surface area contributed by atoms with Crippen molar-refractivity contribution < 1.29 is 47.7 Å². The van der Waals surface area contributed by atoms with Gasteiger partial charge in [0.05, 0.1) is 13.6 Å². The number of rotatable bonds is 11. The maximum atomic E-state index is 11.4. The quantitative estimate of drug-likeness (QED) is 0.252. The minimum Gasteiger partial charge on any atom is -0.421 e. The van der Waals surface area contributed by atoms with Crippen LogP contribution in [-0.2, 0) is 33.6 Å². The lowest BCUT2D eigenvalue weighted by Gasteiger charge is -2.22. The number of aryl methyl sites for hydroxylation is 2. The molecule has 1 aromatic rings. The van der Waals surface area contributed by atoms with Gasteiger partial charge in [-0.05, 0) is 12.8 Å². The molecule has 0 radical (unpaired) electrons. The average molecular weight is 504 g/mol. The summed E-state index contributed by atoms with van der Waals surface area (Å²) in [5.74, 6) is 0. The van der Waals surface area contributed by atoms with E-state index in [0.717, 1.165) is 4.13 Å². The summed E-state index contributed by atoms with van der Waals surface area (Å²) in [5.41, 5.74) is -12.4. The third-order valence-electron chi connectivity index (χ3n) is 3.87. The SMILES string of the molecule is CCCCCCCCCC[n+]1ccn(C)c1.O=S(=O)([N-]S(=O)(=O)C(F)(F)F)C(F)(F)F. The summed E-state index contributed by atoms with van der Waals surface area (Å²) in [7, 11) is -11.4. The Hall–Kier alpha value is -1.35. The van der Waals surface area contributed by atoms with E-state index in [4.69, 9.17) is 0 Å². The van der Waals surface area contributed by atoms with Gasteiger partial charge in [-0.3, -0.25) is 0 Å².